The van der Waals surface area contributed by atoms with Crippen LogP contribution in [-0.4, -0.2) is 25.6 Å². The van der Waals surface area contributed by atoms with Gasteiger partial charge in [-0.2, -0.15) is 0 Å². The molecule has 4 nitrogen and oxygen atoms in total. The van der Waals surface area contributed by atoms with Crippen LogP contribution in [0.3, 0.4) is 0 Å². The summed E-state index contributed by atoms with van der Waals surface area (Å²) in [6, 6.07) is 5.38. The predicted octanol–water partition coefficient (Wildman–Crippen LogP) is 2.91. The second kappa shape index (κ2) is 8.39. The van der Waals surface area contributed by atoms with Crippen LogP contribution >= 0.6 is 11.6 Å². The van der Waals surface area contributed by atoms with Crippen molar-refractivity contribution in [2.24, 2.45) is 11.7 Å². The van der Waals surface area contributed by atoms with Crippen LogP contribution in [0, 0.1) is 5.92 Å². The van der Waals surface area contributed by atoms with Crippen LogP contribution in [0.1, 0.15) is 37.7 Å². The number of ether oxygens (including phenoxy) is 1. The molecule has 3 N–H and O–H groups in total. The fourth-order valence-corrected chi connectivity index (χ4v) is 3.42. The Morgan fingerprint density at radius 3 is 2.77 bits per heavy atom. The third kappa shape index (κ3) is 4.62. The third-order valence-corrected chi connectivity index (χ3v) is 4.65. The maximum Gasteiger partial charge on any atom is 0.224 e. The molecule has 1 atom stereocenters. The first-order valence-corrected chi connectivity index (χ1v) is 8.33. The van der Waals surface area contributed by atoms with E-state index < -0.39 is 0 Å². The second-order valence-corrected chi connectivity index (χ2v) is 6.38. The average molecular weight is 325 g/mol. The minimum Gasteiger partial charge on any atom is -0.496 e. The van der Waals surface area contributed by atoms with E-state index in [9.17, 15) is 4.79 Å². The minimum absolute atomic E-state index is 0.0263. The molecule has 0 radical (unpaired) electrons. The first-order chi connectivity index (χ1) is 10.6. The molecule has 1 unspecified atom stereocenters. The monoisotopic (exact) mass is 324 g/mol. The first kappa shape index (κ1) is 17.1. The molecule has 1 aromatic carbocycles. The minimum atomic E-state index is -0.0263. The summed E-state index contributed by atoms with van der Waals surface area (Å²) in [6.45, 7) is 0.489. The van der Waals surface area contributed by atoms with Crippen LogP contribution < -0.4 is 15.8 Å². The van der Waals surface area contributed by atoms with Crippen LogP contribution in [0.25, 0.3) is 0 Å². The number of hydrogen-bond acceptors (Lipinski definition) is 3. The Kier molecular flexibility index (Phi) is 6.52. The molecule has 1 saturated carbocycles. The second-order valence-electron chi connectivity index (χ2n) is 5.94. The molecule has 2 rings (SSSR count). The summed E-state index contributed by atoms with van der Waals surface area (Å²) in [6.07, 6.45) is 6.33. The highest BCUT2D eigenvalue weighted by atomic mass is 35.5. The smallest absolute Gasteiger partial charge is 0.224 e. The zero-order chi connectivity index (χ0) is 15.9. The highest BCUT2D eigenvalue weighted by molar-refractivity contribution is 6.30. The SMILES string of the molecule is COc1ccc(Cl)cc1CC(=O)NC(CN)C1CCCCC1. The molecule has 0 aliphatic heterocycles. The van der Waals surface area contributed by atoms with Gasteiger partial charge in [0.05, 0.1) is 13.5 Å². The number of rotatable bonds is 6. The quantitative estimate of drug-likeness (QED) is 0.845. The molecule has 5 heteroatoms. The summed E-state index contributed by atoms with van der Waals surface area (Å²) in [4.78, 5) is 12.3. The lowest BCUT2D eigenvalue weighted by Gasteiger charge is -2.30. The Morgan fingerprint density at radius 1 is 1.41 bits per heavy atom. The first-order valence-electron chi connectivity index (χ1n) is 7.96. The summed E-state index contributed by atoms with van der Waals surface area (Å²) < 4.78 is 5.29. The number of halogens is 1. The number of hydrogen-bond donors (Lipinski definition) is 2. The van der Waals surface area contributed by atoms with Crippen molar-refractivity contribution in [3.05, 3.63) is 28.8 Å². The van der Waals surface area contributed by atoms with E-state index in [0.717, 1.165) is 18.4 Å². The van der Waals surface area contributed by atoms with E-state index in [4.69, 9.17) is 22.1 Å². The van der Waals surface area contributed by atoms with Crippen molar-refractivity contribution in [3.63, 3.8) is 0 Å². The van der Waals surface area contributed by atoms with E-state index in [-0.39, 0.29) is 18.4 Å². The molecule has 0 spiro atoms. The highest BCUT2D eigenvalue weighted by Crippen LogP contribution is 2.27. The number of nitrogens with two attached hydrogens (primary N) is 1. The maximum absolute atomic E-state index is 12.3. The van der Waals surface area contributed by atoms with Crippen LogP contribution in [0.4, 0.5) is 0 Å². The summed E-state index contributed by atoms with van der Waals surface area (Å²) in [5, 5.41) is 3.70. The lowest BCUT2D eigenvalue weighted by atomic mass is 9.84. The average Bonchev–Trinajstić information content (AvgIpc) is 2.53. The fraction of sp³-hybridized carbons (Fsp3) is 0.588. The normalized spacial score (nSPS) is 17.0. The van der Waals surface area contributed by atoms with Gasteiger partial charge in [0.15, 0.2) is 0 Å². The van der Waals surface area contributed by atoms with Crippen molar-refractivity contribution in [2.75, 3.05) is 13.7 Å². The van der Waals surface area contributed by atoms with Gasteiger partial charge in [0.1, 0.15) is 5.75 Å². The number of amides is 1. The standard InChI is InChI=1S/C17H25ClN2O2/c1-22-16-8-7-14(18)9-13(16)10-17(21)20-15(11-19)12-5-3-2-4-6-12/h7-9,12,15H,2-6,10-11,19H2,1H3,(H,20,21). The molecular formula is C17H25ClN2O2. The summed E-state index contributed by atoms with van der Waals surface area (Å²) in [7, 11) is 1.59. The Morgan fingerprint density at radius 2 is 2.14 bits per heavy atom. The molecule has 1 aliphatic carbocycles. The maximum atomic E-state index is 12.3. The van der Waals surface area contributed by atoms with E-state index >= 15 is 0 Å². The molecule has 1 aromatic rings. The topological polar surface area (TPSA) is 64.3 Å². The van der Waals surface area contributed by atoms with Crippen LogP contribution in [0.15, 0.2) is 18.2 Å². The largest absolute Gasteiger partial charge is 0.496 e. The fourth-order valence-electron chi connectivity index (χ4n) is 3.22. The Balaban J connectivity index is 1.97. The Hall–Kier alpha value is -1.26. The van der Waals surface area contributed by atoms with E-state index in [1.54, 1.807) is 25.3 Å². The lowest BCUT2D eigenvalue weighted by Crippen LogP contribution is -2.46. The van der Waals surface area contributed by atoms with E-state index in [1.807, 2.05) is 0 Å². The van der Waals surface area contributed by atoms with Gasteiger partial charge in [-0.25, -0.2) is 0 Å². The van der Waals surface area contributed by atoms with Gasteiger partial charge in [-0.15, -0.1) is 0 Å². The zero-order valence-electron chi connectivity index (χ0n) is 13.1. The van der Waals surface area contributed by atoms with Crippen LogP contribution in [0.2, 0.25) is 5.02 Å². The van der Waals surface area contributed by atoms with E-state index in [1.165, 1.54) is 19.3 Å². The number of methoxy groups -OCH3 is 1. The summed E-state index contributed by atoms with van der Waals surface area (Å²) >= 11 is 6.00. The molecule has 0 saturated heterocycles. The van der Waals surface area contributed by atoms with Gasteiger partial charge in [-0.05, 0) is 37.0 Å². The van der Waals surface area contributed by atoms with Crippen molar-refractivity contribution in [1.29, 1.82) is 0 Å². The molecule has 1 aliphatic rings. The van der Waals surface area contributed by atoms with Gasteiger partial charge < -0.3 is 15.8 Å². The molecule has 0 aromatic heterocycles. The summed E-state index contributed by atoms with van der Waals surface area (Å²) in [5.41, 5.74) is 6.66. The molecule has 22 heavy (non-hydrogen) atoms. The molecule has 0 bridgehead atoms. The Labute approximate surface area is 137 Å². The van der Waals surface area contributed by atoms with Crippen molar-refractivity contribution in [2.45, 2.75) is 44.6 Å². The van der Waals surface area contributed by atoms with Gasteiger partial charge in [0.2, 0.25) is 5.91 Å². The number of nitrogens with one attached hydrogen (secondary N) is 1. The molecular weight excluding hydrogens is 300 g/mol. The summed E-state index contributed by atoms with van der Waals surface area (Å²) in [5.74, 6) is 1.16. The van der Waals surface area contributed by atoms with E-state index in [0.29, 0.717) is 23.2 Å². The molecule has 1 fully saturated rings. The van der Waals surface area contributed by atoms with Gasteiger partial charge in [-0.1, -0.05) is 30.9 Å². The van der Waals surface area contributed by atoms with Crippen molar-refractivity contribution >= 4 is 17.5 Å². The van der Waals surface area contributed by atoms with Crippen molar-refractivity contribution in [3.8, 4) is 5.75 Å². The van der Waals surface area contributed by atoms with Gasteiger partial charge in [0, 0.05) is 23.2 Å². The number of carbonyl (C=O) groups excluding carboxylic acids is 1. The third-order valence-electron chi connectivity index (χ3n) is 4.41. The lowest BCUT2D eigenvalue weighted by molar-refractivity contribution is -0.121. The molecule has 0 heterocycles. The predicted molar refractivity (Wildman–Crippen MR) is 89.3 cm³/mol. The Bertz CT molecular complexity index is 501. The van der Waals surface area contributed by atoms with Crippen LogP contribution in [0.5, 0.6) is 5.75 Å². The van der Waals surface area contributed by atoms with Gasteiger partial charge in [0.25, 0.3) is 0 Å². The molecule has 1 amide bonds. The van der Waals surface area contributed by atoms with Crippen molar-refractivity contribution < 1.29 is 9.53 Å². The zero-order valence-corrected chi connectivity index (χ0v) is 13.9. The van der Waals surface area contributed by atoms with Crippen LogP contribution in [-0.2, 0) is 11.2 Å². The highest BCUT2D eigenvalue weighted by Gasteiger charge is 2.24. The van der Waals surface area contributed by atoms with Gasteiger partial charge >= 0.3 is 0 Å². The number of benzene rings is 1. The van der Waals surface area contributed by atoms with Crippen molar-refractivity contribution in [1.82, 2.24) is 5.32 Å². The van der Waals surface area contributed by atoms with E-state index in [2.05, 4.69) is 5.32 Å². The van der Waals surface area contributed by atoms with Gasteiger partial charge in [-0.3, -0.25) is 4.79 Å². The molecule has 122 valence electrons. The number of carbonyl (C=O) groups is 1.